The maximum absolute atomic E-state index is 12.3. The molecule has 0 fully saturated rings. The van der Waals surface area contributed by atoms with Gasteiger partial charge < -0.3 is 15.1 Å². The van der Waals surface area contributed by atoms with E-state index in [1.807, 2.05) is 49.2 Å². The summed E-state index contributed by atoms with van der Waals surface area (Å²) >= 11 is 0. The van der Waals surface area contributed by atoms with Crippen molar-refractivity contribution >= 4 is 29.0 Å². The summed E-state index contributed by atoms with van der Waals surface area (Å²) < 4.78 is 0. The number of rotatable bonds is 3. The van der Waals surface area contributed by atoms with E-state index in [9.17, 15) is 4.79 Å². The van der Waals surface area contributed by atoms with E-state index in [0.29, 0.717) is 5.95 Å². The Labute approximate surface area is 129 Å². The van der Waals surface area contributed by atoms with E-state index in [-0.39, 0.29) is 11.9 Å². The zero-order valence-electron chi connectivity index (χ0n) is 12.9. The maximum Gasteiger partial charge on any atom is 0.249 e. The number of carbonyl (C=O) groups excluding carboxylic acids is 1. The van der Waals surface area contributed by atoms with Crippen LogP contribution < -0.4 is 15.1 Å². The Morgan fingerprint density at radius 1 is 1.23 bits per heavy atom. The molecule has 0 radical (unpaired) electrons. The minimum Gasteiger partial charge on any atom is -0.346 e. The van der Waals surface area contributed by atoms with Crippen LogP contribution in [0, 0.1) is 0 Å². The molecule has 0 aliphatic carbocycles. The highest BCUT2D eigenvalue weighted by molar-refractivity contribution is 6.04. The number of para-hydroxylation sites is 1. The number of carbonyl (C=O) groups is 1. The summed E-state index contributed by atoms with van der Waals surface area (Å²) in [6.45, 7) is 2.00. The molecule has 1 unspecified atom stereocenters. The first-order chi connectivity index (χ1) is 10.6. The number of likely N-dealkylation sites (N-methyl/N-ethyl adjacent to an activating group) is 2. The highest BCUT2D eigenvalue weighted by atomic mass is 16.2. The molecule has 6 heteroatoms. The van der Waals surface area contributed by atoms with Gasteiger partial charge in [0.15, 0.2) is 5.82 Å². The Hall–Kier alpha value is -2.63. The standard InChI is InChI=1S/C16H19N5O/c1-4-12-15(22)21(3)13-10-17-16(19-14(13)20(12)2)18-11-8-6-5-7-9-11/h5-10,12H,4H2,1-3H3,(H,17,18,19). The van der Waals surface area contributed by atoms with E-state index in [1.165, 1.54) is 0 Å². The summed E-state index contributed by atoms with van der Waals surface area (Å²) in [5, 5.41) is 3.18. The number of anilines is 4. The third-order valence-corrected chi connectivity index (χ3v) is 3.95. The van der Waals surface area contributed by atoms with Gasteiger partial charge in [0.2, 0.25) is 11.9 Å². The molecule has 0 saturated heterocycles. The first-order valence-electron chi connectivity index (χ1n) is 7.31. The number of hydrogen-bond acceptors (Lipinski definition) is 5. The highest BCUT2D eigenvalue weighted by Crippen LogP contribution is 2.33. The Bertz CT molecular complexity index is 688. The third kappa shape index (κ3) is 2.36. The van der Waals surface area contributed by atoms with E-state index >= 15 is 0 Å². The van der Waals surface area contributed by atoms with Gasteiger partial charge in [-0.2, -0.15) is 4.98 Å². The molecule has 1 aromatic carbocycles. The first kappa shape index (κ1) is 14.3. The van der Waals surface area contributed by atoms with E-state index < -0.39 is 0 Å². The van der Waals surface area contributed by atoms with Crippen LogP contribution in [0.5, 0.6) is 0 Å². The van der Waals surface area contributed by atoms with E-state index in [0.717, 1.165) is 23.6 Å². The van der Waals surface area contributed by atoms with Crippen molar-refractivity contribution in [3.05, 3.63) is 36.5 Å². The molecule has 114 valence electrons. The molecule has 1 aliphatic rings. The van der Waals surface area contributed by atoms with Gasteiger partial charge in [0, 0.05) is 19.8 Å². The lowest BCUT2D eigenvalue weighted by atomic mass is 10.1. The van der Waals surface area contributed by atoms with Crippen LogP contribution in [0.3, 0.4) is 0 Å². The molecule has 2 heterocycles. The fourth-order valence-corrected chi connectivity index (χ4v) is 2.68. The fraction of sp³-hybridized carbons (Fsp3) is 0.312. The van der Waals surface area contributed by atoms with Crippen molar-refractivity contribution in [3.8, 4) is 0 Å². The first-order valence-corrected chi connectivity index (χ1v) is 7.31. The number of nitrogens with one attached hydrogen (secondary N) is 1. The van der Waals surface area contributed by atoms with Gasteiger partial charge in [0.25, 0.3) is 0 Å². The zero-order chi connectivity index (χ0) is 15.7. The number of nitrogens with zero attached hydrogens (tertiary/aromatic N) is 4. The average molecular weight is 297 g/mol. The molecule has 1 atom stereocenters. The molecule has 3 rings (SSSR count). The number of benzene rings is 1. The monoisotopic (exact) mass is 297 g/mol. The SMILES string of the molecule is CCC1C(=O)N(C)c2cnc(Nc3ccccc3)nc2N1C. The van der Waals surface area contributed by atoms with Crippen molar-refractivity contribution in [3.63, 3.8) is 0 Å². The summed E-state index contributed by atoms with van der Waals surface area (Å²) in [5.74, 6) is 1.36. The Morgan fingerprint density at radius 2 is 1.95 bits per heavy atom. The molecule has 1 aliphatic heterocycles. The van der Waals surface area contributed by atoms with Crippen molar-refractivity contribution in [2.75, 3.05) is 29.2 Å². The summed E-state index contributed by atoms with van der Waals surface area (Å²) in [5.41, 5.74) is 1.66. The van der Waals surface area contributed by atoms with Gasteiger partial charge in [-0.15, -0.1) is 0 Å². The predicted molar refractivity (Wildman–Crippen MR) is 87.6 cm³/mol. The molecule has 0 spiro atoms. The lowest BCUT2D eigenvalue weighted by Gasteiger charge is -2.37. The van der Waals surface area contributed by atoms with Gasteiger partial charge in [-0.05, 0) is 18.6 Å². The Morgan fingerprint density at radius 3 is 2.64 bits per heavy atom. The summed E-state index contributed by atoms with van der Waals surface area (Å²) in [4.78, 5) is 24.8. The van der Waals surface area contributed by atoms with E-state index in [4.69, 9.17) is 0 Å². The van der Waals surface area contributed by atoms with E-state index in [2.05, 4.69) is 15.3 Å². The molecule has 2 aromatic rings. The number of aromatic nitrogens is 2. The van der Waals surface area contributed by atoms with Gasteiger partial charge >= 0.3 is 0 Å². The van der Waals surface area contributed by atoms with Crippen LogP contribution in [0.15, 0.2) is 36.5 Å². The highest BCUT2D eigenvalue weighted by Gasteiger charge is 2.34. The second-order valence-corrected chi connectivity index (χ2v) is 5.33. The molecule has 6 nitrogen and oxygen atoms in total. The lowest BCUT2D eigenvalue weighted by molar-refractivity contribution is -0.119. The topological polar surface area (TPSA) is 61.4 Å². The third-order valence-electron chi connectivity index (χ3n) is 3.95. The fourth-order valence-electron chi connectivity index (χ4n) is 2.68. The molecular formula is C16H19N5O. The van der Waals surface area contributed by atoms with Crippen molar-refractivity contribution in [2.24, 2.45) is 0 Å². The van der Waals surface area contributed by atoms with Crippen molar-refractivity contribution in [1.82, 2.24) is 9.97 Å². The number of fused-ring (bicyclic) bond motifs is 1. The van der Waals surface area contributed by atoms with Crippen LogP contribution in [0.4, 0.5) is 23.1 Å². The molecule has 0 bridgehead atoms. The summed E-state index contributed by atoms with van der Waals surface area (Å²) in [7, 11) is 3.67. The largest absolute Gasteiger partial charge is 0.346 e. The van der Waals surface area contributed by atoms with Crippen LogP contribution in [-0.2, 0) is 4.79 Å². The van der Waals surface area contributed by atoms with Crippen LogP contribution in [0.1, 0.15) is 13.3 Å². The summed E-state index contributed by atoms with van der Waals surface area (Å²) in [6.07, 6.45) is 2.43. The predicted octanol–water partition coefficient (Wildman–Crippen LogP) is 2.41. The second kappa shape index (κ2) is 5.63. The van der Waals surface area contributed by atoms with Gasteiger partial charge in [-0.3, -0.25) is 4.79 Å². The number of hydrogen-bond donors (Lipinski definition) is 1. The average Bonchev–Trinajstić information content (AvgIpc) is 2.54. The smallest absolute Gasteiger partial charge is 0.249 e. The minimum atomic E-state index is -0.183. The molecular weight excluding hydrogens is 278 g/mol. The van der Waals surface area contributed by atoms with Crippen molar-refractivity contribution in [2.45, 2.75) is 19.4 Å². The number of amides is 1. The Balaban J connectivity index is 1.96. The van der Waals surface area contributed by atoms with Gasteiger partial charge in [0.1, 0.15) is 11.7 Å². The quantitative estimate of drug-likeness (QED) is 0.942. The molecule has 1 aromatic heterocycles. The normalized spacial score (nSPS) is 17.4. The van der Waals surface area contributed by atoms with Crippen LogP contribution >= 0.6 is 0 Å². The molecule has 1 amide bonds. The van der Waals surface area contributed by atoms with Crippen LogP contribution in [0.25, 0.3) is 0 Å². The molecule has 0 saturated carbocycles. The molecule has 1 N–H and O–H groups in total. The van der Waals surface area contributed by atoms with Crippen LogP contribution in [-0.4, -0.2) is 36.0 Å². The lowest BCUT2D eigenvalue weighted by Crippen LogP contribution is -2.50. The summed E-state index contributed by atoms with van der Waals surface area (Å²) in [6, 6.07) is 9.59. The minimum absolute atomic E-state index is 0.0740. The molecule has 22 heavy (non-hydrogen) atoms. The Kier molecular flexibility index (Phi) is 3.66. The van der Waals surface area contributed by atoms with Gasteiger partial charge in [-0.1, -0.05) is 25.1 Å². The van der Waals surface area contributed by atoms with Crippen molar-refractivity contribution in [1.29, 1.82) is 0 Å². The van der Waals surface area contributed by atoms with Gasteiger partial charge in [-0.25, -0.2) is 4.98 Å². The second-order valence-electron chi connectivity index (χ2n) is 5.33. The van der Waals surface area contributed by atoms with Crippen molar-refractivity contribution < 1.29 is 4.79 Å². The maximum atomic E-state index is 12.3. The van der Waals surface area contributed by atoms with Crippen LogP contribution in [0.2, 0.25) is 0 Å². The van der Waals surface area contributed by atoms with E-state index in [1.54, 1.807) is 18.1 Å². The van der Waals surface area contributed by atoms with Gasteiger partial charge in [0.05, 0.1) is 6.20 Å². The zero-order valence-corrected chi connectivity index (χ0v) is 12.9.